The van der Waals surface area contributed by atoms with Crippen LogP contribution in [0, 0.1) is 13.8 Å². The van der Waals surface area contributed by atoms with Crippen LogP contribution < -0.4 is 0 Å². The number of carboxylic acids is 1. The fourth-order valence-corrected chi connectivity index (χ4v) is 4.79. The number of carbonyl (C=O) groups is 1. The topological polar surface area (TPSA) is 99.0 Å². The highest BCUT2D eigenvalue weighted by Crippen LogP contribution is 2.43. The first-order valence-electron chi connectivity index (χ1n) is 11.3. The fraction of sp³-hybridized carbons (Fsp3) is 0.417. The summed E-state index contributed by atoms with van der Waals surface area (Å²) in [4.78, 5) is 15.7. The number of hydrogen-bond acceptors (Lipinski definition) is 5. The van der Waals surface area contributed by atoms with Gasteiger partial charge < -0.3 is 14.2 Å². The zero-order valence-electron chi connectivity index (χ0n) is 19.3. The number of alkyl halides is 3. The predicted molar refractivity (Wildman–Crippen MR) is 121 cm³/mol. The minimum absolute atomic E-state index is 0.102. The molecule has 1 N–H and O–H groups in total. The zero-order valence-corrected chi connectivity index (χ0v) is 19.3. The summed E-state index contributed by atoms with van der Waals surface area (Å²) >= 11 is 0. The molecule has 0 bridgehead atoms. The molecule has 1 saturated carbocycles. The molecule has 0 spiro atoms. The number of aliphatic carboxylic acids is 1. The summed E-state index contributed by atoms with van der Waals surface area (Å²) < 4.78 is 51.4. The fourth-order valence-electron chi connectivity index (χ4n) is 4.79. The molecule has 8 nitrogen and oxygen atoms in total. The van der Waals surface area contributed by atoms with Gasteiger partial charge in [0.15, 0.2) is 0 Å². The first kappa shape index (κ1) is 23.1. The molecule has 4 heterocycles. The van der Waals surface area contributed by atoms with Crippen molar-refractivity contribution in [3.05, 3.63) is 42.3 Å². The number of aryl methyl sites for hydroxylation is 2. The molecule has 1 aliphatic carbocycles. The molecular weight excluding hydrogens is 463 g/mol. The summed E-state index contributed by atoms with van der Waals surface area (Å²) in [6, 6.07) is 1.86. The molecule has 4 aromatic heterocycles. The molecule has 1 aliphatic rings. The SMILES string of the molecule is Cc1noc(C)c1-c1cnc2c(-c3cnn(CC(=O)O)c3)cn(CC3(F)CCC(F)(F)CC3)c2c1. The van der Waals surface area contributed by atoms with Crippen molar-refractivity contribution in [1.29, 1.82) is 0 Å². The Balaban J connectivity index is 1.60. The maximum Gasteiger partial charge on any atom is 0.325 e. The minimum atomic E-state index is -2.84. The lowest BCUT2D eigenvalue weighted by Gasteiger charge is -2.34. The molecule has 35 heavy (non-hydrogen) atoms. The van der Waals surface area contributed by atoms with E-state index < -0.39 is 30.4 Å². The van der Waals surface area contributed by atoms with Crippen molar-refractivity contribution in [2.45, 2.75) is 64.2 Å². The summed E-state index contributed by atoms with van der Waals surface area (Å²) in [5.41, 5.74) is 2.89. The molecular formula is C24H24F3N5O3. The Morgan fingerprint density at radius 2 is 1.86 bits per heavy atom. The Morgan fingerprint density at radius 3 is 2.51 bits per heavy atom. The maximum absolute atomic E-state index is 15.7. The normalized spacial score (nSPS) is 17.2. The Bertz CT molecular complexity index is 1390. The third kappa shape index (κ3) is 4.42. The number of aromatic nitrogens is 5. The van der Waals surface area contributed by atoms with Crippen LogP contribution in [0.15, 0.2) is 35.4 Å². The van der Waals surface area contributed by atoms with Gasteiger partial charge in [-0.3, -0.25) is 14.5 Å². The average Bonchev–Trinajstić information content (AvgIpc) is 3.48. The lowest BCUT2D eigenvalue weighted by atomic mass is 9.84. The highest BCUT2D eigenvalue weighted by Gasteiger charge is 2.44. The number of hydrogen-bond donors (Lipinski definition) is 1. The molecule has 0 unspecified atom stereocenters. The van der Waals surface area contributed by atoms with Crippen LogP contribution in [0.4, 0.5) is 13.2 Å². The number of halogens is 3. The number of rotatable bonds is 6. The van der Waals surface area contributed by atoms with E-state index in [9.17, 15) is 13.6 Å². The van der Waals surface area contributed by atoms with Gasteiger partial charge in [0.1, 0.15) is 18.0 Å². The molecule has 184 valence electrons. The largest absolute Gasteiger partial charge is 0.480 e. The minimum Gasteiger partial charge on any atom is -0.480 e. The average molecular weight is 487 g/mol. The van der Waals surface area contributed by atoms with Crippen LogP contribution >= 0.6 is 0 Å². The van der Waals surface area contributed by atoms with Gasteiger partial charge in [-0.15, -0.1) is 0 Å². The third-order valence-electron chi connectivity index (χ3n) is 6.61. The zero-order chi connectivity index (χ0) is 25.0. The van der Waals surface area contributed by atoms with Crippen molar-refractivity contribution in [3.63, 3.8) is 0 Å². The molecule has 0 amide bonds. The van der Waals surface area contributed by atoms with E-state index in [-0.39, 0.29) is 25.9 Å². The molecule has 11 heteroatoms. The van der Waals surface area contributed by atoms with Crippen LogP contribution in [0.5, 0.6) is 0 Å². The van der Waals surface area contributed by atoms with Gasteiger partial charge in [0, 0.05) is 53.7 Å². The van der Waals surface area contributed by atoms with Crippen LogP contribution in [0.2, 0.25) is 0 Å². The van der Waals surface area contributed by atoms with Crippen LogP contribution in [0.1, 0.15) is 37.1 Å². The van der Waals surface area contributed by atoms with Crippen LogP contribution in [-0.2, 0) is 17.9 Å². The highest BCUT2D eigenvalue weighted by atomic mass is 19.3. The Morgan fingerprint density at radius 1 is 1.11 bits per heavy atom. The standard InChI is InChI=1S/C24H24F3N5O3/c1-14-21(15(2)35-30-14)16-7-19-22(28-8-16)18(17-9-29-32(10-17)12-20(33)34)11-31(19)13-23(25)3-5-24(26,27)6-4-23/h7-11H,3-6,12-13H2,1-2H3,(H,33,34). The van der Waals surface area contributed by atoms with E-state index in [4.69, 9.17) is 9.63 Å². The first-order valence-corrected chi connectivity index (χ1v) is 11.3. The number of pyridine rings is 1. The van der Waals surface area contributed by atoms with Crippen molar-refractivity contribution in [2.75, 3.05) is 0 Å². The Hall–Kier alpha value is -3.63. The van der Waals surface area contributed by atoms with Crippen molar-refractivity contribution in [1.82, 2.24) is 24.5 Å². The first-order chi connectivity index (χ1) is 16.5. The van der Waals surface area contributed by atoms with E-state index in [1.807, 2.05) is 13.0 Å². The van der Waals surface area contributed by atoms with Gasteiger partial charge in [0.25, 0.3) is 0 Å². The highest BCUT2D eigenvalue weighted by molar-refractivity contribution is 5.94. The van der Waals surface area contributed by atoms with Crippen molar-refractivity contribution >= 4 is 17.0 Å². The molecule has 4 aromatic rings. The lowest BCUT2D eigenvalue weighted by Crippen LogP contribution is -2.38. The van der Waals surface area contributed by atoms with Gasteiger partial charge >= 0.3 is 5.97 Å². The van der Waals surface area contributed by atoms with E-state index in [1.165, 1.54) is 10.9 Å². The predicted octanol–water partition coefficient (Wildman–Crippen LogP) is 5.17. The second-order valence-corrected chi connectivity index (χ2v) is 9.29. The van der Waals surface area contributed by atoms with Gasteiger partial charge in [-0.25, -0.2) is 13.2 Å². The van der Waals surface area contributed by atoms with Gasteiger partial charge in [0.05, 0.1) is 29.5 Å². The van der Waals surface area contributed by atoms with E-state index in [1.54, 1.807) is 30.1 Å². The van der Waals surface area contributed by atoms with E-state index in [2.05, 4.69) is 15.2 Å². The van der Waals surface area contributed by atoms with E-state index >= 15 is 4.39 Å². The molecule has 0 aromatic carbocycles. The second-order valence-electron chi connectivity index (χ2n) is 9.29. The number of nitrogens with zero attached hydrogens (tertiary/aromatic N) is 5. The van der Waals surface area contributed by atoms with Gasteiger partial charge in [0.2, 0.25) is 5.92 Å². The van der Waals surface area contributed by atoms with Crippen molar-refractivity contribution < 1.29 is 27.6 Å². The molecule has 5 rings (SSSR count). The van der Waals surface area contributed by atoms with Gasteiger partial charge in [-0.2, -0.15) is 5.10 Å². The molecule has 0 saturated heterocycles. The van der Waals surface area contributed by atoms with Gasteiger partial charge in [-0.1, -0.05) is 5.16 Å². The van der Waals surface area contributed by atoms with Crippen LogP contribution in [0.25, 0.3) is 33.3 Å². The van der Waals surface area contributed by atoms with Crippen molar-refractivity contribution in [2.24, 2.45) is 0 Å². The summed E-state index contributed by atoms with van der Waals surface area (Å²) in [5, 5.41) is 17.1. The Kier molecular flexibility index (Phi) is 5.45. The summed E-state index contributed by atoms with van der Waals surface area (Å²) in [5.74, 6) is -3.25. The quantitative estimate of drug-likeness (QED) is 0.403. The van der Waals surface area contributed by atoms with Crippen LogP contribution in [0.3, 0.4) is 0 Å². The van der Waals surface area contributed by atoms with Gasteiger partial charge in [-0.05, 0) is 32.8 Å². The molecule has 0 atom stereocenters. The number of carboxylic acid groups (broad SMARTS) is 1. The lowest BCUT2D eigenvalue weighted by molar-refractivity contribution is -0.137. The maximum atomic E-state index is 15.7. The summed E-state index contributed by atoms with van der Waals surface area (Å²) in [6.45, 7) is 3.20. The Labute approximate surface area is 198 Å². The monoisotopic (exact) mass is 487 g/mol. The summed E-state index contributed by atoms with van der Waals surface area (Å²) in [6.07, 6.45) is 5.08. The number of fused-ring (bicyclic) bond motifs is 1. The molecule has 0 radical (unpaired) electrons. The van der Waals surface area contributed by atoms with E-state index in [0.29, 0.717) is 33.6 Å². The molecule has 1 fully saturated rings. The third-order valence-corrected chi connectivity index (χ3v) is 6.61. The molecule has 0 aliphatic heterocycles. The summed E-state index contributed by atoms with van der Waals surface area (Å²) in [7, 11) is 0. The van der Waals surface area contributed by atoms with Crippen LogP contribution in [-0.4, -0.2) is 47.2 Å². The van der Waals surface area contributed by atoms with Crippen molar-refractivity contribution in [3.8, 4) is 22.3 Å². The van der Waals surface area contributed by atoms with E-state index in [0.717, 1.165) is 11.1 Å². The smallest absolute Gasteiger partial charge is 0.325 e. The second kappa shape index (κ2) is 8.24.